The van der Waals surface area contributed by atoms with Gasteiger partial charge in [0, 0.05) is 22.1 Å². The van der Waals surface area contributed by atoms with E-state index in [4.69, 9.17) is 9.97 Å². The van der Waals surface area contributed by atoms with Crippen LogP contribution in [0.25, 0.3) is 67.3 Å². The molecule has 1 aromatic heterocycles. The van der Waals surface area contributed by atoms with Gasteiger partial charge in [-0.2, -0.15) is 0 Å². The largest absolute Gasteiger partial charge is 0.228 e. The summed E-state index contributed by atoms with van der Waals surface area (Å²) >= 11 is 0. The summed E-state index contributed by atoms with van der Waals surface area (Å²) in [6.45, 7) is 4.70. The Labute approximate surface area is 339 Å². The van der Waals surface area contributed by atoms with Gasteiger partial charge in [0.15, 0.2) is 5.82 Å². The maximum absolute atomic E-state index is 5.29. The molecule has 2 saturated carbocycles. The predicted molar refractivity (Wildman–Crippen MR) is 238 cm³/mol. The molecule has 2 fully saturated rings. The minimum Gasteiger partial charge on any atom is -0.228 e. The van der Waals surface area contributed by atoms with Crippen molar-refractivity contribution in [1.82, 2.24) is 9.97 Å². The monoisotopic (exact) mass is 740 g/mol. The molecule has 0 bridgehead atoms. The van der Waals surface area contributed by atoms with E-state index in [1.807, 2.05) is 0 Å². The van der Waals surface area contributed by atoms with Gasteiger partial charge < -0.3 is 0 Å². The van der Waals surface area contributed by atoms with Gasteiger partial charge in [0.25, 0.3) is 0 Å². The average molecular weight is 741 g/mol. The van der Waals surface area contributed by atoms with Crippen LogP contribution in [0.5, 0.6) is 0 Å². The van der Waals surface area contributed by atoms with Crippen molar-refractivity contribution in [2.75, 3.05) is 0 Å². The van der Waals surface area contributed by atoms with E-state index in [2.05, 4.69) is 159 Å². The van der Waals surface area contributed by atoms with Crippen molar-refractivity contribution in [1.29, 1.82) is 0 Å². The lowest BCUT2D eigenvalue weighted by Crippen LogP contribution is -2.14. The Morgan fingerprint density at radius 2 is 0.842 bits per heavy atom. The van der Waals surface area contributed by atoms with Gasteiger partial charge in [-0.3, -0.25) is 0 Å². The zero-order valence-corrected chi connectivity index (χ0v) is 33.5. The smallest absolute Gasteiger partial charge is 0.160 e. The van der Waals surface area contributed by atoms with E-state index in [0.29, 0.717) is 11.8 Å². The van der Waals surface area contributed by atoms with Crippen molar-refractivity contribution in [3.05, 3.63) is 168 Å². The summed E-state index contributed by atoms with van der Waals surface area (Å²) in [7, 11) is 0. The lowest BCUT2D eigenvalue weighted by molar-refractivity contribution is 0.443. The fourth-order valence-corrected chi connectivity index (χ4v) is 10.2. The molecule has 7 aromatic rings. The molecular weight excluding hydrogens is 689 g/mol. The molecule has 1 heterocycles. The second-order valence-electron chi connectivity index (χ2n) is 17.5. The van der Waals surface area contributed by atoms with E-state index >= 15 is 0 Å². The van der Waals surface area contributed by atoms with Crippen LogP contribution in [0.2, 0.25) is 0 Å². The molecule has 6 aromatic carbocycles. The average Bonchev–Trinajstić information content (AvgIpc) is 3.52. The van der Waals surface area contributed by atoms with E-state index in [1.165, 1.54) is 114 Å². The first kappa shape index (κ1) is 35.8. The minimum atomic E-state index is -0.0316. The number of hydrogen-bond acceptors (Lipinski definition) is 2. The Balaban J connectivity index is 0.999. The Kier molecular flexibility index (Phi) is 9.45. The summed E-state index contributed by atoms with van der Waals surface area (Å²) in [6.07, 6.45) is 13.3. The van der Waals surface area contributed by atoms with Gasteiger partial charge in [0.1, 0.15) is 0 Å². The molecule has 2 heteroatoms. The van der Waals surface area contributed by atoms with Crippen molar-refractivity contribution in [3.63, 3.8) is 0 Å². The first-order chi connectivity index (χ1) is 28.0. The zero-order valence-electron chi connectivity index (χ0n) is 33.5. The Hall–Kier alpha value is -5.60. The van der Waals surface area contributed by atoms with Gasteiger partial charge in [-0.15, -0.1) is 0 Å². The quantitative estimate of drug-likeness (QED) is 0.163. The summed E-state index contributed by atoms with van der Waals surface area (Å²) in [5.74, 6) is 2.12. The molecule has 3 aliphatic rings. The molecule has 3 aliphatic carbocycles. The van der Waals surface area contributed by atoms with Crippen molar-refractivity contribution in [3.8, 4) is 67.3 Å². The molecule has 0 radical (unpaired) electrons. The molecule has 0 aliphatic heterocycles. The van der Waals surface area contributed by atoms with Crippen LogP contribution >= 0.6 is 0 Å². The topological polar surface area (TPSA) is 25.8 Å². The lowest BCUT2D eigenvalue weighted by Gasteiger charge is -2.22. The molecule has 0 spiro atoms. The van der Waals surface area contributed by atoms with Crippen LogP contribution in [-0.4, -0.2) is 9.97 Å². The number of nitrogens with zero attached hydrogens (tertiary/aromatic N) is 2. The number of aromatic nitrogens is 2. The molecule has 2 nitrogen and oxygen atoms in total. The van der Waals surface area contributed by atoms with Crippen molar-refractivity contribution < 1.29 is 0 Å². The summed E-state index contributed by atoms with van der Waals surface area (Å²) in [6, 6.07) is 54.4. The highest BCUT2D eigenvalue weighted by Crippen LogP contribution is 2.49. The zero-order chi connectivity index (χ0) is 38.3. The van der Waals surface area contributed by atoms with Crippen LogP contribution in [0.3, 0.4) is 0 Å². The molecule has 0 atom stereocenters. The molecule has 0 unspecified atom stereocenters. The van der Waals surface area contributed by atoms with Crippen LogP contribution in [0.4, 0.5) is 0 Å². The molecule has 0 amide bonds. The van der Waals surface area contributed by atoms with Crippen LogP contribution < -0.4 is 0 Å². The van der Waals surface area contributed by atoms with Gasteiger partial charge in [-0.05, 0) is 117 Å². The lowest BCUT2D eigenvalue weighted by atomic mass is 9.81. The van der Waals surface area contributed by atoms with Gasteiger partial charge in [0.05, 0.1) is 11.4 Å². The third-order valence-electron chi connectivity index (χ3n) is 13.5. The van der Waals surface area contributed by atoms with Gasteiger partial charge in [-0.25, -0.2) is 9.97 Å². The predicted octanol–water partition coefficient (Wildman–Crippen LogP) is 15.2. The maximum Gasteiger partial charge on any atom is 0.160 e. The minimum absolute atomic E-state index is 0.0316. The van der Waals surface area contributed by atoms with E-state index in [1.54, 1.807) is 0 Å². The maximum atomic E-state index is 5.29. The highest BCUT2D eigenvalue weighted by molar-refractivity contribution is 5.84. The molecular formula is C55H52N2. The summed E-state index contributed by atoms with van der Waals surface area (Å²) in [5, 5.41) is 0. The highest BCUT2D eigenvalue weighted by Gasteiger charge is 2.35. The van der Waals surface area contributed by atoms with Crippen molar-refractivity contribution in [2.24, 2.45) is 0 Å². The Morgan fingerprint density at radius 3 is 1.40 bits per heavy atom. The number of rotatable bonds is 7. The second-order valence-corrected chi connectivity index (χ2v) is 17.5. The fourth-order valence-electron chi connectivity index (χ4n) is 10.2. The van der Waals surface area contributed by atoms with Gasteiger partial charge in [0.2, 0.25) is 0 Å². The van der Waals surface area contributed by atoms with E-state index in [-0.39, 0.29) is 5.41 Å². The second kappa shape index (κ2) is 15.1. The molecule has 57 heavy (non-hydrogen) atoms. The normalized spacial score (nSPS) is 16.6. The van der Waals surface area contributed by atoms with E-state index < -0.39 is 0 Å². The van der Waals surface area contributed by atoms with Crippen LogP contribution in [0.15, 0.2) is 146 Å². The first-order valence-electron chi connectivity index (χ1n) is 21.5. The standard InChI is InChI=1S/C55H52N2/c1-55(2)50-22-10-9-21-48(50)49-32-31-46(35-51(49)55)44-18-11-17-43(33-44)45-19-12-20-47(34-45)54-56-52(41-27-23-39(24-28-41)37-13-5-3-6-14-37)36-53(57-54)42-29-25-40(26-30-42)38-15-7-4-8-16-38/h9-12,17-38H,3-8,13-16H2,1-2H3. The molecule has 10 rings (SSSR count). The number of hydrogen-bond donors (Lipinski definition) is 0. The van der Waals surface area contributed by atoms with Gasteiger partial charge >= 0.3 is 0 Å². The van der Waals surface area contributed by atoms with E-state index in [0.717, 1.165) is 39.5 Å². The van der Waals surface area contributed by atoms with Crippen LogP contribution in [-0.2, 0) is 5.41 Å². The summed E-state index contributed by atoms with van der Waals surface area (Å²) in [5.41, 5.74) is 18.5. The number of fused-ring (bicyclic) bond motifs is 3. The molecule has 0 N–H and O–H groups in total. The molecule has 0 saturated heterocycles. The van der Waals surface area contributed by atoms with Crippen LogP contribution in [0.1, 0.15) is 112 Å². The Bertz CT molecular complexity index is 2470. The van der Waals surface area contributed by atoms with Gasteiger partial charge in [-0.1, -0.05) is 174 Å². The molecule has 282 valence electrons. The highest BCUT2D eigenvalue weighted by atomic mass is 14.9. The van der Waals surface area contributed by atoms with E-state index in [9.17, 15) is 0 Å². The number of benzene rings is 6. The summed E-state index contributed by atoms with van der Waals surface area (Å²) in [4.78, 5) is 10.6. The Morgan fingerprint density at radius 1 is 0.386 bits per heavy atom. The third-order valence-corrected chi connectivity index (χ3v) is 13.5. The first-order valence-corrected chi connectivity index (χ1v) is 21.5. The van der Waals surface area contributed by atoms with Crippen LogP contribution in [0, 0.1) is 0 Å². The van der Waals surface area contributed by atoms with Crippen molar-refractivity contribution in [2.45, 2.75) is 95.3 Å². The fraction of sp³-hybridized carbons (Fsp3) is 0.273. The third kappa shape index (κ3) is 6.94. The summed E-state index contributed by atoms with van der Waals surface area (Å²) < 4.78 is 0. The van der Waals surface area contributed by atoms with Crippen molar-refractivity contribution >= 4 is 0 Å². The SMILES string of the molecule is CC1(C)c2ccccc2-c2ccc(-c3cccc(-c4cccc(-c5nc(-c6ccc(C7CCCCC7)cc6)cc(-c6ccc(C7CCCCC7)cc6)n5)c4)c3)cc21.